The monoisotopic (exact) mass is 502 g/mol. The van der Waals surface area contributed by atoms with Gasteiger partial charge in [-0.1, -0.05) is 11.6 Å². The molecule has 184 valence electrons. The molecule has 1 aromatic carbocycles. The van der Waals surface area contributed by atoms with Gasteiger partial charge in [-0.05, 0) is 45.0 Å². The third-order valence-electron chi connectivity index (χ3n) is 4.99. The molecule has 0 saturated carbocycles. The summed E-state index contributed by atoms with van der Waals surface area (Å²) in [6, 6.07) is 7.45. The lowest BCUT2D eigenvalue weighted by molar-refractivity contribution is -0.122. The fraction of sp³-hybridized carbons (Fsp3) is 0.333. The van der Waals surface area contributed by atoms with E-state index in [0.29, 0.717) is 35.5 Å². The van der Waals surface area contributed by atoms with Crippen LogP contribution in [0.1, 0.15) is 39.0 Å². The molecule has 1 unspecified atom stereocenters. The van der Waals surface area contributed by atoms with Crippen molar-refractivity contribution in [3.63, 3.8) is 0 Å². The number of pyridine rings is 1. The van der Waals surface area contributed by atoms with Gasteiger partial charge >= 0.3 is 0 Å². The molecular weight excluding hydrogens is 479 g/mol. The van der Waals surface area contributed by atoms with Crippen molar-refractivity contribution in [3.8, 4) is 17.4 Å². The summed E-state index contributed by atoms with van der Waals surface area (Å²) in [5.74, 6) is 1.03. The van der Waals surface area contributed by atoms with Crippen molar-refractivity contribution in [1.29, 1.82) is 0 Å². The van der Waals surface area contributed by atoms with E-state index >= 15 is 0 Å². The first-order chi connectivity index (χ1) is 16.7. The number of halogens is 2. The van der Waals surface area contributed by atoms with Crippen LogP contribution in [0.4, 0.5) is 4.39 Å². The van der Waals surface area contributed by atoms with E-state index in [9.17, 15) is 9.18 Å². The lowest BCUT2D eigenvalue weighted by Gasteiger charge is -2.33. The molecule has 0 fully saturated rings. The normalized spacial score (nSPS) is 16.9. The molecule has 0 aliphatic heterocycles. The van der Waals surface area contributed by atoms with Crippen LogP contribution in [0.15, 0.2) is 52.7 Å². The fourth-order valence-corrected chi connectivity index (χ4v) is 3.47. The maximum absolute atomic E-state index is 13.5. The van der Waals surface area contributed by atoms with Gasteiger partial charge in [0.15, 0.2) is 13.2 Å². The molecule has 0 saturated heterocycles. The summed E-state index contributed by atoms with van der Waals surface area (Å²) in [5.41, 5.74) is 0.194. The number of ether oxygens (including phenoxy) is 3. The van der Waals surface area contributed by atoms with E-state index in [1.54, 1.807) is 18.3 Å². The molecular formula is C24H24ClFN4O5. The molecule has 4 rings (SSSR count). The number of amides is 1. The van der Waals surface area contributed by atoms with Crippen LogP contribution in [0.25, 0.3) is 0 Å². The number of carbonyl (C=O) groups is 1. The second kappa shape index (κ2) is 10.3. The minimum absolute atomic E-state index is 0.0145. The van der Waals surface area contributed by atoms with Crippen LogP contribution in [0, 0.1) is 5.82 Å². The molecule has 3 aromatic rings. The molecule has 1 amide bonds. The van der Waals surface area contributed by atoms with E-state index in [4.69, 9.17) is 30.2 Å². The molecule has 1 N–H and O–H groups in total. The SMILES string of the molecule is CC(C)Oc1ccc(OCc2nnc(C3(C)C=C(NC(=O)COc4ccc(Cl)c(F)c4)C3)o2)cn1. The number of hydrogen-bond acceptors (Lipinski definition) is 8. The number of allylic oxidation sites excluding steroid dienone is 2. The zero-order chi connectivity index (χ0) is 25.0. The first-order valence-electron chi connectivity index (χ1n) is 10.9. The molecule has 0 spiro atoms. The summed E-state index contributed by atoms with van der Waals surface area (Å²) >= 11 is 5.63. The molecule has 35 heavy (non-hydrogen) atoms. The van der Waals surface area contributed by atoms with Gasteiger partial charge in [-0.15, -0.1) is 10.2 Å². The summed E-state index contributed by atoms with van der Waals surface area (Å²) in [4.78, 5) is 16.3. The molecule has 0 bridgehead atoms. The van der Waals surface area contributed by atoms with Crippen LogP contribution in [0.3, 0.4) is 0 Å². The number of nitrogens with one attached hydrogen (secondary N) is 1. The molecule has 1 atom stereocenters. The summed E-state index contributed by atoms with van der Waals surface area (Å²) in [6.07, 6.45) is 3.93. The molecule has 0 radical (unpaired) electrons. The lowest BCUT2D eigenvalue weighted by atomic mass is 9.75. The Hall–Kier alpha value is -3.66. The number of hydrogen-bond donors (Lipinski definition) is 1. The Bertz CT molecular complexity index is 1230. The van der Waals surface area contributed by atoms with Gasteiger partial charge in [0, 0.05) is 24.3 Å². The smallest absolute Gasteiger partial charge is 0.262 e. The Labute approximate surface area is 206 Å². The first kappa shape index (κ1) is 24.5. The minimum Gasteiger partial charge on any atom is -0.484 e. The quantitative estimate of drug-likeness (QED) is 0.435. The van der Waals surface area contributed by atoms with Gasteiger partial charge in [0.05, 0.1) is 22.7 Å². The van der Waals surface area contributed by atoms with Crippen molar-refractivity contribution in [2.45, 2.75) is 45.3 Å². The van der Waals surface area contributed by atoms with Crippen molar-refractivity contribution in [2.24, 2.45) is 0 Å². The topological polar surface area (TPSA) is 109 Å². The number of aromatic nitrogens is 3. The number of nitrogens with zero attached hydrogens (tertiary/aromatic N) is 3. The van der Waals surface area contributed by atoms with E-state index in [1.807, 2.05) is 26.8 Å². The predicted octanol–water partition coefficient (Wildman–Crippen LogP) is 4.36. The highest BCUT2D eigenvalue weighted by Gasteiger charge is 2.39. The van der Waals surface area contributed by atoms with E-state index < -0.39 is 11.2 Å². The molecule has 1 aliphatic carbocycles. The van der Waals surface area contributed by atoms with E-state index in [0.717, 1.165) is 6.07 Å². The summed E-state index contributed by atoms with van der Waals surface area (Å²) in [6.45, 7) is 5.59. The van der Waals surface area contributed by atoms with Crippen molar-refractivity contribution in [2.75, 3.05) is 6.61 Å². The van der Waals surface area contributed by atoms with Gasteiger partial charge in [0.2, 0.25) is 11.8 Å². The molecule has 2 aromatic heterocycles. The number of benzene rings is 1. The van der Waals surface area contributed by atoms with Crippen molar-refractivity contribution in [1.82, 2.24) is 20.5 Å². The van der Waals surface area contributed by atoms with Crippen molar-refractivity contribution >= 4 is 17.5 Å². The van der Waals surface area contributed by atoms with Gasteiger partial charge in [-0.3, -0.25) is 4.79 Å². The van der Waals surface area contributed by atoms with Crippen molar-refractivity contribution in [3.05, 3.63) is 70.9 Å². The van der Waals surface area contributed by atoms with E-state index in [1.165, 1.54) is 12.1 Å². The Morgan fingerprint density at radius 1 is 1.23 bits per heavy atom. The molecule has 2 heterocycles. The number of rotatable bonds is 10. The summed E-state index contributed by atoms with van der Waals surface area (Å²) in [7, 11) is 0. The minimum atomic E-state index is -0.614. The maximum Gasteiger partial charge on any atom is 0.262 e. The zero-order valence-electron chi connectivity index (χ0n) is 19.4. The van der Waals surface area contributed by atoms with Crippen LogP contribution in [0.2, 0.25) is 5.02 Å². The Morgan fingerprint density at radius 3 is 2.69 bits per heavy atom. The molecule has 1 aliphatic rings. The third kappa shape index (κ3) is 6.27. The third-order valence-corrected chi connectivity index (χ3v) is 5.30. The Kier molecular flexibility index (Phi) is 7.20. The highest BCUT2D eigenvalue weighted by atomic mass is 35.5. The Morgan fingerprint density at radius 2 is 2.00 bits per heavy atom. The van der Waals surface area contributed by atoms with Crippen LogP contribution < -0.4 is 19.5 Å². The predicted molar refractivity (Wildman–Crippen MR) is 124 cm³/mol. The molecule has 9 nitrogen and oxygen atoms in total. The first-order valence-corrected chi connectivity index (χ1v) is 11.3. The largest absolute Gasteiger partial charge is 0.484 e. The van der Waals surface area contributed by atoms with Gasteiger partial charge in [-0.2, -0.15) is 0 Å². The summed E-state index contributed by atoms with van der Waals surface area (Å²) in [5, 5.41) is 10.9. The van der Waals surface area contributed by atoms with Crippen LogP contribution >= 0.6 is 11.6 Å². The van der Waals surface area contributed by atoms with Crippen LogP contribution in [-0.4, -0.2) is 33.8 Å². The van der Waals surface area contributed by atoms with Crippen molar-refractivity contribution < 1.29 is 27.8 Å². The zero-order valence-corrected chi connectivity index (χ0v) is 20.1. The summed E-state index contributed by atoms with van der Waals surface area (Å²) < 4.78 is 35.7. The van der Waals surface area contributed by atoms with Crippen LogP contribution in [0.5, 0.6) is 17.4 Å². The Balaban J connectivity index is 1.25. The standard InChI is InChI=1S/C24H24ClFN4O5/c1-14(2)34-21-7-5-17(11-27-21)33-13-22-29-30-23(35-22)24(3)9-15(10-24)28-20(31)12-32-16-4-6-18(25)19(26)8-16/h4-9,11,14H,10,12-13H2,1-3H3,(H,28,31). The highest BCUT2D eigenvalue weighted by molar-refractivity contribution is 6.30. The second-order valence-corrected chi connectivity index (χ2v) is 8.87. The van der Waals surface area contributed by atoms with Gasteiger partial charge in [0.1, 0.15) is 17.3 Å². The maximum atomic E-state index is 13.5. The highest BCUT2D eigenvalue weighted by Crippen LogP contribution is 2.39. The second-order valence-electron chi connectivity index (χ2n) is 8.46. The van der Waals surface area contributed by atoms with E-state index in [-0.39, 0.29) is 36.0 Å². The average molecular weight is 503 g/mol. The average Bonchev–Trinajstić information content (AvgIpc) is 3.27. The van der Waals surface area contributed by atoms with Crippen LogP contribution in [-0.2, 0) is 16.8 Å². The number of carbonyl (C=O) groups excluding carboxylic acids is 1. The fourth-order valence-electron chi connectivity index (χ4n) is 3.35. The lowest BCUT2D eigenvalue weighted by Crippen LogP contribution is -2.39. The van der Waals surface area contributed by atoms with Gasteiger partial charge in [0.25, 0.3) is 11.8 Å². The van der Waals surface area contributed by atoms with Gasteiger partial charge in [-0.25, -0.2) is 9.37 Å². The molecule has 11 heteroatoms. The van der Waals surface area contributed by atoms with E-state index in [2.05, 4.69) is 20.5 Å². The van der Waals surface area contributed by atoms with Gasteiger partial charge < -0.3 is 23.9 Å².